The van der Waals surface area contributed by atoms with Gasteiger partial charge in [-0.3, -0.25) is 4.79 Å². The van der Waals surface area contributed by atoms with Crippen LogP contribution in [-0.4, -0.2) is 33.2 Å². The second kappa shape index (κ2) is 8.24. The maximum absolute atomic E-state index is 12.6. The van der Waals surface area contributed by atoms with Gasteiger partial charge in [-0.25, -0.2) is 0 Å². The van der Waals surface area contributed by atoms with E-state index >= 15 is 0 Å². The zero-order valence-electron chi connectivity index (χ0n) is 14.8. The molecule has 0 aliphatic rings. The maximum atomic E-state index is 12.6. The minimum Gasteiger partial charge on any atom is -0.497 e. The number of hydrogen-bond donors (Lipinski definition) is 1. The van der Waals surface area contributed by atoms with Gasteiger partial charge in [0, 0.05) is 0 Å². The lowest BCUT2D eigenvalue weighted by Crippen LogP contribution is -2.29. The molecule has 0 saturated carbocycles. The summed E-state index contributed by atoms with van der Waals surface area (Å²) < 4.78 is 6.76. The first-order valence-electron chi connectivity index (χ1n) is 8.47. The number of aromatic nitrogens is 4. The number of carbonyl (C=O) groups excluding carboxylic acids is 1. The Morgan fingerprint density at radius 1 is 1.15 bits per heavy atom. The number of nitrogens with zero attached hydrogens (tertiary/aromatic N) is 4. The minimum absolute atomic E-state index is 0.0389. The molecule has 0 spiro atoms. The van der Waals surface area contributed by atoms with E-state index < -0.39 is 0 Å². The summed E-state index contributed by atoms with van der Waals surface area (Å²) in [5, 5.41) is 14.7. The third kappa shape index (κ3) is 3.88. The molecule has 0 saturated heterocycles. The summed E-state index contributed by atoms with van der Waals surface area (Å²) in [4.78, 5) is 12.6. The molecule has 0 aliphatic heterocycles. The van der Waals surface area contributed by atoms with Gasteiger partial charge in [0.25, 0.3) is 0 Å². The van der Waals surface area contributed by atoms with E-state index in [0.717, 1.165) is 23.4 Å². The van der Waals surface area contributed by atoms with Crippen LogP contribution in [0.3, 0.4) is 0 Å². The van der Waals surface area contributed by atoms with Crippen molar-refractivity contribution in [2.45, 2.75) is 25.8 Å². The zero-order chi connectivity index (χ0) is 18.4. The molecule has 1 heterocycles. The predicted molar refractivity (Wildman–Crippen MR) is 97.0 cm³/mol. The van der Waals surface area contributed by atoms with Gasteiger partial charge in [0.1, 0.15) is 5.75 Å². The molecule has 0 radical (unpaired) electrons. The first-order valence-corrected chi connectivity index (χ1v) is 8.47. The third-order valence-electron chi connectivity index (χ3n) is 4.20. The fourth-order valence-corrected chi connectivity index (χ4v) is 2.79. The molecule has 1 amide bonds. The van der Waals surface area contributed by atoms with Crippen molar-refractivity contribution in [3.8, 4) is 11.4 Å². The Hall–Kier alpha value is -3.22. The van der Waals surface area contributed by atoms with Crippen molar-refractivity contribution in [2.24, 2.45) is 0 Å². The topological polar surface area (TPSA) is 81.9 Å². The van der Waals surface area contributed by atoms with E-state index in [1.807, 2.05) is 61.5 Å². The van der Waals surface area contributed by atoms with Crippen molar-refractivity contribution in [3.63, 3.8) is 0 Å². The lowest BCUT2D eigenvalue weighted by Gasteiger charge is -2.15. The Morgan fingerprint density at radius 2 is 1.88 bits per heavy atom. The van der Waals surface area contributed by atoms with Crippen molar-refractivity contribution in [2.75, 3.05) is 7.11 Å². The quantitative estimate of drug-likeness (QED) is 0.707. The second-order valence-electron chi connectivity index (χ2n) is 5.79. The van der Waals surface area contributed by atoms with Crippen LogP contribution in [-0.2, 0) is 11.3 Å². The zero-order valence-corrected chi connectivity index (χ0v) is 14.8. The van der Waals surface area contributed by atoms with E-state index in [-0.39, 0.29) is 18.4 Å². The highest BCUT2D eigenvalue weighted by Crippen LogP contribution is 2.19. The van der Waals surface area contributed by atoms with E-state index in [4.69, 9.17) is 4.74 Å². The smallest absolute Gasteiger partial charge is 0.227 e. The molecule has 0 fully saturated rings. The number of ether oxygens (including phenoxy) is 1. The maximum Gasteiger partial charge on any atom is 0.227 e. The number of rotatable bonds is 7. The predicted octanol–water partition coefficient (Wildman–Crippen LogP) is 2.48. The molecule has 3 rings (SSSR count). The number of tetrazole rings is 1. The van der Waals surface area contributed by atoms with Crippen LogP contribution >= 0.6 is 0 Å². The van der Waals surface area contributed by atoms with Crippen molar-refractivity contribution in [1.29, 1.82) is 0 Å². The Kier molecular flexibility index (Phi) is 5.58. The molecule has 26 heavy (non-hydrogen) atoms. The van der Waals surface area contributed by atoms with E-state index in [9.17, 15) is 4.79 Å². The fraction of sp³-hybridized carbons (Fsp3) is 0.263. The molecule has 134 valence electrons. The summed E-state index contributed by atoms with van der Waals surface area (Å²) in [5.74, 6) is 1.08. The lowest BCUT2D eigenvalue weighted by molar-refractivity contribution is -0.122. The van der Waals surface area contributed by atoms with Crippen LogP contribution in [0.5, 0.6) is 5.75 Å². The Labute approximate surface area is 152 Å². The SMILES string of the molecule is CCC(C(=O)NCc1nnnn1-c1ccc(OC)cc1)c1ccccc1. The molecule has 7 nitrogen and oxygen atoms in total. The van der Waals surface area contributed by atoms with E-state index in [1.54, 1.807) is 11.8 Å². The standard InChI is InChI=1S/C19H21N5O2/c1-3-17(14-7-5-4-6-8-14)19(25)20-13-18-21-22-23-24(18)15-9-11-16(26-2)12-10-15/h4-12,17H,3,13H2,1-2H3,(H,20,25). The summed E-state index contributed by atoms with van der Waals surface area (Å²) in [7, 11) is 1.61. The van der Waals surface area contributed by atoms with Crippen LogP contribution in [0, 0.1) is 0 Å². The average Bonchev–Trinajstić information content (AvgIpc) is 3.16. The monoisotopic (exact) mass is 351 g/mol. The largest absolute Gasteiger partial charge is 0.497 e. The fourth-order valence-electron chi connectivity index (χ4n) is 2.79. The number of amides is 1. The van der Waals surface area contributed by atoms with Crippen molar-refractivity contribution in [1.82, 2.24) is 25.5 Å². The van der Waals surface area contributed by atoms with Crippen LogP contribution < -0.4 is 10.1 Å². The summed E-state index contributed by atoms with van der Waals surface area (Å²) in [6.07, 6.45) is 0.721. The highest BCUT2D eigenvalue weighted by Gasteiger charge is 2.19. The third-order valence-corrected chi connectivity index (χ3v) is 4.20. The summed E-state index contributed by atoms with van der Waals surface area (Å²) in [5.41, 5.74) is 1.80. The number of carbonyl (C=O) groups is 1. The Morgan fingerprint density at radius 3 is 2.54 bits per heavy atom. The molecule has 0 aliphatic carbocycles. The first kappa shape index (κ1) is 17.6. The van der Waals surface area contributed by atoms with E-state index in [2.05, 4.69) is 20.8 Å². The van der Waals surface area contributed by atoms with Gasteiger partial charge in [-0.2, -0.15) is 4.68 Å². The van der Waals surface area contributed by atoms with Gasteiger partial charge < -0.3 is 10.1 Å². The number of hydrogen-bond acceptors (Lipinski definition) is 5. The van der Waals surface area contributed by atoms with Gasteiger partial charge in [0.05, 0.1) is 25.3 Å². The molecule has 3 aromatic rings. The summed E-state index contributed by atoms with van der Waals surface area (Å²) >= 11 is 0. The first-order chi connectivity index (χ1) is 12.7. The summed E-state index contributed by atoms with van der Waals surface area (Å²) in [6.45, 7) is 2.25. The molecular weight excluding hydrogens is 330 g/mol. The second-order valence-corrected chi connectivity index (χ2v) is 5.79. The van der Waals surface area contributed by atoms with Crippen LogP contribution in [0.1, 0.15) is 30.7 Å². The molecule has 1 unspecified atom stereocenters. The normalized spacial score (nSPS) is 11.8. The number of nitrogens with one attached hydrogen (secondary N) is 1. The number of benzene rings is 2. The highest BCUT2D eigenvalue weighted by molar-refractivity contribution is 5.83. The van der Waals surface area contributed by atoms with Crippen molar-refractivity contribution >= 4 is 5.91 Å². The van der Waals surface area contributed by atoms with E-state index in [1.165, 1.54) is 0 Å². The molecular formula is C19H21N5O2. The highest BCUT2D eigenvalue weighted by atomic mass is 16.5. The molecule has 0 bridgehead atoms. The van der Waals surface area contributed by atoms with Crippen molar-refractivity contribution in [3.05, 3.63) is 66.0 Å². The molecule has 2 aromatic carbocycles. The Balaban J connectivity index is 1.70. The van der Waals surface area contributed by atoms with Gasteiger partial charge in [0.15, 0.2) is 5.82 Å². The number of methoxy groups -OCH3 is 1. The average molecular weight is 351 g/mol. The molecule has 7 heteroatoms. The van der Waals surface area contributed by atoms with Gasteiger partial charge in [-0.05, 0) is 46.7 Å². The van der Waals surface area contributed by atoms with Crippen LogP contribution in [0.25, 0.3) is 5.69 Å². The van der Waals surface area contributed by atoms with Crippen LogP contribution in [0.4, 0.5) is 0 Å². The Bertz CT molecular complexity index is 846. The van der Waals surface area contributed by atoms with E-state index in [0.29, 0.717) is 5.82 Å². The molecule has 1 aromatic heterocycles. The van der Waals surface area contributed by atoms with Crippen molar-refractivity contribution < 1.29 is 9.53 Å². The molecule has 1 N–H and O–H groups in total. The lowest BCUT2D eigenvalue weighted by atomic mass is 9.96. The van der Waals surface area contributed by atoms with Gasteiger partial charge in [-0.1, -0.05) is 37.3 Å². The van der Waals surface area contributed by atoms with Gasteiger partial charge in [0.2, 0.25) is 5.91 Å². The summed E-state index contributed by atoms with van der Waals surface area (Å²) in [6, 6.07) is 17.1. The minimum atomic E-state index is -0.193. The molecule has 1 atom stereocenters. The van der Waals surface area contributed by atoms with Gasteiger partial charge >= 0.3 is 0 Å². The van der Waals surface area contributed by atoms with Crippen LogP contribution in [0.15, 0.2) is 54.6 Å². The van der Waals surface area contributed by atoms with Crippen LogP contribution in [0.2, 0.25) is 0 Å². The van der Waals surface area contributed by atoms with Gasteiger partial charge in [-0.15, -0.1) is 5.10 Å².